The van der Waals surface area contributed by atoms with Crippen LogP contribution in [0.2, 0.25) is 0 Å². The molecule has 1 heterocycles. The maximum atomic E-state index is 10.4. The van der Waals surface area contributed by atoms with E-state index in [1.165, 1.54) is 0 Å². The molecule has 0 saturated carbocycles. The van der Waals surface area contributed by atoms with Crippen LogP contribution in [0.1, 0.15) is 11.1 Å². The fraction of sp³-hybridized carbons (Fsp3) is 0.368. The van der Waals surface area contributed by atoms with Gasteiger partial charge in [0.1, 0.15) is 18.3 Å². The van der Waals surface area contributed by atoms with Gasteiger partial charge in [0.2, 0.25) is 0 Å². The Morgan fingerprint density at radius 2 is 1.62 bits per heavy atom. The van der Waals surface area contributed by atoms with E-state index in [0.717, 1.165) is 11.1 Å². The molecular formula is C19H21N3O4. The molecule has 1 fully saturated rings. The smallest absolute Gasteiger partial charge is 0.165 e. The Hall–Kier alpha value is -2.41. The quantitative estimate of drug-likeness (QED) is 0.447. The van der Waals surface area contributed by atoms with Gasteiger partial charge in [-0.05, 0) is 16.7 Å². The minimum atomic E-state index is -1.04. The molecular weight excluding hydrogens is 334 g/mol. The molecule has 0 bridgehead atoms. The van der Waals surface area contributed by atoms with E-state index in [1.807, 2.05) is 60.7 Å². The van der Waals surface area contributed by atoms with E-state index in [9.17, 15) is 5.11 Å². The second-order valence-corrected chi connectivity index (χ2v) is 6.02. The van der Waals surface area contributed by atoms with Gasteiger partial charge in [-0.2, -0.15) is 0 Å². The van der Waals surface area contributed by atoms with E-state index in [-0.39, 0.29) is 6.61 Å². The van der Waals surface area contributed by atoms with Crippen LogP contribution in [-0.2, 0) is 27.4 Å². The van der Waals surface area contributed by atoms with Crippen molar-refractivity contribution in [1.82, 2.24) is 0 Å². The van der Waals surface area contributed by atoms with Crippen LogP contribution in [0, 0.1) is 0 Å². The maximum Gasteiger partial charge on any atom is 0.165 e. The molecule has 7 nitrogen and oxygen atoms in total. The average molecular weight is 355 g/mol. The summed E-state index contributed by atoms with van der Waals surface area (Å²) in [4.78, 5) is 2.73. The summed E-state index contributed by atoms with van der Waals surface area (Å²) in [6.45, 7) is 0.974. The Bertz CT molecular complexity index is 722. The molecule has 1 aliphatic rings. The largest absolute Gasteiger partial charge is 0.387 e. The lowest BCUT2D eigenvalue weighted by molar-refractivity contribution is -0.0765. The summed E-state index contributed by atoms with van der Waals surface area (Å²) in [7, 11) is 0. The molecule has 2 aromatic rings. The number of azide groups is 1. The van der Waals surface area contributed by atoms with E-state index >= 15 is 0 Å². The van der Waals surface area contributed by atoms with E-state index < -0.39 is 24.5 Å². The van der Waals surface area contributed by atoms with Gasteiger partial charge in [-0.3, -0.25) is 0 Å². The van der Waals surface area contributed by atoms with Crippen molar-refractivity contribution in [3.63, 3.8) is 0 Å². The highest BCUT2D eigenvalue weighted by molar-refractivity contribution is 5.14. The summed E-state index contributed by atoms with van der Waals surface area (Å²) in [5, 5.41) is 13.9. The summed E-state index contributed by atoms with van der Waals surface area (Å²) in [6, 6.07) is 19.4. The monoisotopic (exact) mass is 355 g/mol. The standard InChI is InChI=1S/C19H21N3O4/c20-22-21-19-17(23)18(25-12-15-9-5-2-6-10-15)16(26-19)13-24-11-14-7-3-1-4-8-14/h1-10,16-19,23H,11-13H2/t16-,17-,18+,19-/m1/s1. The highest BCUT2D eigenvalue weighted by Gasteiger charge is 2.44. The zero-order valence-electron chi connectivity index (χ0n) is 14.2. The van der Waals surface area contributed by atoms with E-state index in [1.54, 1.807) is 0 Å². The summed E-state index contributed by atoms with van der Waals surface area (Å²) in [6.07, 6.45) is -3.18. The SMILES string of the molecule is [N-]=[N+]=N[C@@H]1O[C@H](COCc2ccccc2)[C@H](OCc2ccccc2)[C@H]1O. The molecule has 3 rings (SSSR count). The molecule has 0 aliphatic carbocycles. The highest BCUT2D eigenvalue weighted by Crippen LogP contribution is 2.26. The third kappa shape index (κ3) is 4.82. The molecule has 26 heavy (non-hydrogen) atoms. The Balaban J connectivity index is 1.59. The van der Waals surface area contributed by atoms with Gasteiger partial charge in [0.05, 0.1) is 19.8 Å². The van der Waals surface area contributed by atoms with Crippen molar-refractivity contribution < 1.29 is 19.3 Å². The van der Waals surface area contributed by atoms with Gasteiger partial charge in [-0.25, -0.2) is 0 Å². The first-order chi connectivity index (χ1) is 12.8. The second-order valence-electron chi connectivity index (χ2n) is 6.02. The summed E-state index contributed by atoms with van der Waals surface area (Å²) < 4.78 is 17.2. The normalized spacial score (nSPS) is 25.0. The van der Waals surface area contributed by atoms with Crippen LogP contribution in [-0.4, -0.2) is 36.3 Å². The minimum Gasteiger partial charge on any atom is -0.387 e. The first kappa shape index (κ1) is 18.4. The van der Waals surface area contributed by atoms with Crippen LogP contribution in [0.25, 0.3) is 10.4 Å². The molecule has 0 aromatic heterocycles. The molecule has 1 saturated heterocycles. The Labute approximate surface area is 151 Å². The molecule has 0 spiro atoms. The summed E-state index contributed by atoms with van der Waals surface area (Å²) >= 11 is 0. The average Bonchev–Trinajstić information content (AvgIpc) is 2.97. The van der Waals surface area contributed by atoms with Crippen LogP contribution in [0.15, 0.2) is 65.8 Å². The summed E-state index contributed by atoms with van der Waals surface area (Å²) in [5.74, 6) is 0. The lowest BCUT2D eigenvalue weighted by Crippen LogP contribution is -2.36. The Kier molecular flexibility index (Phi) is 6.60. The van der Waals surface area contributed by atoms with Gasteiger partial charge in [0.15, 0.2) is 6.23 Å². The van der Waals surface area contributed by atoms with Crippen molar-refractivity contribution in [2.45, 2.75) is 37.8 Å². The fourth-order valence-electron chi connectivity index (χ4n) is 2.84. The van der Waals surface area contributed by atoms with Crippen LogP contribution >= 0.6 is 0 Å². The molecule has 0 radical (unpaired) electrons. The van der Waals surface area contributed by atoms with Crippen molar-refractivity contribution >= 4 is 0 Å². The number of aliphatic hydroxyl groups is 1. The number of benzene rings is 2. The van der Waals surface area contributed by atoms with Gasteiger partial charge in [-0.1, -0.05) is 65.8 Å². The minimum absolute atomic E-state index is 0.225. The predicted octanol–water partition coefficient (Wildman–Crippen LogP) is 3.18. The molecule has 0 amide bonds. The zero-order valence-corrected chi connectivity index (χ0v) is 14.2. The van der Waals surface area contributed by atoms with Crippen molar-refractivity contribution in [2.24, 2.45) is 5.11 Å². The van der Waals surface area contributed by atoms with Crippen LogP contribution in [0.3, 0.4) is 0 Å². The van der Waals surface area contributed by atoms with Crippen LogP contribution in [0.5, 0.6) is 0 Å². The molecule has 2 aromatic carbocycles. The van der Waals surface area contributed by atoms with Gasteiger partial charge in [-0.15, -0.1) is 0 Å². The van der Waals surface area contributed by atoms with Crippen molar-refractivity contribution in [3.05, 3.63) is 82.2 Å². The van der Waals surface area contributed by atoms with E-state index in [2.05, 4.69) is 10.0 Å². The fourth-order valence-corrected chi connectivity index (χ4v) is 2.84. The Morgan fingerprint density at radius 1 is 1.00 bits per heavy atom. The van der Waals surface area contributed by atoms with Gasteiger partial charge >= 0.3 is 0 Å². The lowest BCUT2D eigenvalue weighted by Gasteiger charge is -2.21. The number of hydrogen-bond acceptors (Lipinski definition) is 5. The molecule has 1 N–H and O–H groups in total. The van der Waals surface area contributed by atoms with Gasteiger partial charge in [0, 0.05) is 4.91 Å². The number of ether oxygens (including phenoxy) is 3. The topological polar surface area (TPSA) is 96.7 Å². The van der Waals surface area contributed by atoms with E-state index in [0.29, 0.717) is 13.2 Å². The second kappa shape index (κ2) is 9.33. The lowest BCUT2D eigenvalue weighted by atomic mass is 10.1. The number of hydrogen-bond donors (Lipinski definition) is 1. The first-order valence-corrected chi connectivity index (χ1v) is 8.43. The predicted molar refractivity (Wildman–Crippen MR) is 94.9 cm³/mol. The number of rotatable bonds is 8. The van der Waals surface area contributed by atoms with E-state index in [4.69, 9.17) is 19.7 Å². The first-order valence-electron chi connectivity index (χ1n) is 8.43. The molecule has 1 aliphatic heterocycles. The third-order valence-electron chi connectivity index (χ3n) is 4.15. The zero-order chi connectivity index (χ0) is 18.2. The van der Waals surface area contributed by atoms with Gasteiger partial charge < -0.3 is 19.3 Å². The molecule has 4 atom stereocenters. The molecule has 0 unspecified atom stereocenters. The third-order valence-corrected chi connectivity index (χ3v) is 4.15. The van der Waals surface area contributed by atoms with Gasteiger partial charge in [0.25, 0.3) is 0 Å². The number of nitrogens with zero attached hydrogens (tertiary/aromatic N) is 3. The number of aliphatic hydroxyl groups excluding tert-OH is 1. The Morgan fingerprint density at radius 3 is 2.23 bits per heavy atom. The highest BCUT2D eigenvalue weighted by atomic mass is 16.6. The van der Waals surface area contributed by atoms with Crippen molar-refractivity contribution in [2.75, 3.05) is 6.61 Å². The van der Waals surface area contributed by atoms with Crippen molar-refractivity contribution in [1.29, 1.82) is 0 Å². The molecule has 136 valence electrons. The van der Waals surface area contributed by atoms with Crippen LogP contribution in [0.4, 0.5) is 0 Å². The molecule has 7 heteroatoms. The van der Waals surface area contributed by atoms with Crippen molar-refractivity contribution in [3.8, 4) is 0 Å². The van der Waals surface area contributed by atoms with Crippen LogP contribution < -0.4 is 0 Å². The maximum absolute atomic E-state index is 10.4. The summed E-state index contributed by atoms with van der Waals surface area (Å²) in [5.41, 5.74) is 10.7.